The number of likely N-dealkylation sites (N-methyl/N-ethyl adjacent to an activating group) is 1. The molecule has 0 radical (unpaired) electrons. The van der Waals surface area contributed by atoms with Crippen LogP contribution in [0.3, 0.4) is 0 Å². The fraction of sp³-hybridized carbons (Fsp3) is 0.700. The van der Waals surface area contributed by atoms with Crippen LogP contribution in [0.2, 0.25) is 0 Å². The predicted molar refractivity (Wildman–Crippen MR) is 150 cm³/mol. The summed E-state index contributed by atoms with van der Waals surface area (Å²) in [6.45, 7) is 6.67. The van der Waals surface area contributed by atoms with Crippen LogP contribution in [0.5, 0.6) is 0 Å². The zero-order valence-electron chi connectivity index (χ0n) is 24.3. The topological polar surface area (TPSA) is 121 Å². The molecule has 6 rings (SSSR count). The second kappa shape index (κ2) is 12.6. The number of carbonyl (C=O) groups is 3. The molecule has 42 heavy (non-hydrogen) atoms. The minimum atomic E-state index is -2.68. The second-order valence-electron chi connectivity index (χ2n) is 12.1. The minimum Gasteiger partial charge on any atom is -0.381 e. The highest BCUT2D eigenvalue weighted by Gasteiger charge is 2.51. The van der Waals surface area contributed by atoms with Gasteiger partial charge in [0.05, 0.1) is 18.2 Å². The number of hydrogen-bond donors (Lipinski definition) is 1. The number of carbonyl (C=O) groups excluding carboxylic acids is 3. The number of nitrogens with zero attached hydrogens (tertiary/aromatic N) is 5. The summed E-state index contributed by atoms with van der Waals surface area (Å²) in [7, 11) is 2.06. The number of alkyl halides is 2. The third-order valence-electron chi connectivity index (χ3n) is 9.40. The van der Waals surface area contributed by atoms with E-state index in [1.165, 1.54) is 6.42 Å². The van der Waals surface area contributed by atoms with Gasteiger partial charge in [-0.2, -0.15) is 10.4 Å². The van der Waals surface area contributed by atoms with Gasteiger partial charge in [0.2, 0.25) is 5.91 Å². The molecule has 1 aromatic heterocycles. The van der Waals surface area contributed by atoms with Crippen molar-refractivity contribution in [1.82, 2.24) is 20.0 Å². The molecule has 1 N–H and O–H groups in total. The average Bonchev–Trinajstić information content (AvgIpc) is 3.92. The number of nitrogens with one attached hydrogen (secondary N) is 1. The number of halogens is 2. The summed E-state index contributed by atoms with van der Waals surface area (Å²) in [5, 5.41) is 16.0. The molecule has 2 aliphatic carbocycles. The lowest BCUT2D eigenvalue weighted by atomic mass is 9.82. The van der Waals surface area contributed by atoms with Gasteiger partial charge in [0, 0.05) is 43.7 Å². The number of hydrogen-bond acceptors (Lipinski definition) is 7. The maximum Gasteiger partial charge on any atom is 0.259 e. The number of aldehydes is 1. The van der Waals surface area contributed by atoms with Crippen molar-refractivity contribution in [2.75, 3.05) is 31.7 Å². The van der Waals surface area contributed by atoms with E-state index in [4.69, 9.17) is 10.00 Å². The first kappa shape index (κ1) is 30.3. The summed E-state index contributed by atoms with van der Waals surface area (Å²) in [5.41, 5.74) is 0.699. The number of anilines is 1. The van der Waals surface area contributed by atoms with Crippen LogP contribution in [0, 0.1) is 23.2 Å². The molecule has 2 amide bonds. The van der Waals surface area contributed by atoms with E-state index in [0.29, 0.717) is 36.8 Å². The van der Waals surface area contributed by atoms with Gasteiger partial charge in [-0.1, -0.05) is 6.58 Å². The van der Waals surface area contributed by atoms with E-state index in [1.807, 2.05) is 11.6 Å². The molecule has 5 aliphatic rings. The molecular formula is C30H40F2N6O4. The van der Waals surface area contributed by atoms with E-state index in [0.717, 1.165) is 50.4 Å². The minimum absolute atomic E-state index is 0.0226. The number of piperidine rings is 1. The molecule has 1 aromatic rings. The predicted octanol–water partition coefficient (Wildman–Crippen LogP) is 3.60. The highest BCUT2D eigenvalue weighted by Crippen LogP contribution is 2.51. The van der Waals surface area contributed by atoms with E-state index in [9.17, 15) is 23.2 Å². The van der Waals surface area contributed by atoms with Crippen molar-refractivity contribution >= 4 is 23.9 Å². The fourth-order valence-electron chi connectivity index (χ4n) is 6.77. The number of nitriles is 1. The molecule has 228 valence electrons. The first-order valence-electron chi connectivity index (χ1n) is 15.0. The molecular weight excluding hydrogens is 546 g/mol. The van der Waals surface area contributed by atoms with E-state index < -0.39 is 18.4 Å². The molecule has 0 spiro atoms. The summed E-state index contributed by atoms with van der Waals surface area (Å²) in [4.78, 5) is 42.1. The van der Waals surface area contributed by atoms with Gasteiger partial charge in [-0.3, -0.25) is 24.2 Å². The SMILES string of the molecule is C=C(CCC(=O)NC1C(=O)N(CC)c2c(c(C=O)nn2C2CCOCC2)C1C1CC1)C(F)F.CN1C(C#N)CC2CC21. The molecule has 4 fully saturated rings. The van der Waals surface area contributed by atoms with Gasteiger partial charge in [-0.25, -0.2) is 13.5 Å². The number of ether oxygens (including phenoxy) is 1. The van der Waals surface area contributed by atoms with Gasteiger partial charge in [0.1, 0.15) is 17.6 Å². The first-order chi connectivity index (χ1) is 20.2. The Bertz CT molecular complexity index is 1250. The maximum absolute atomic E-state index is 13.6. The van der Waals surface area contributed by atoms with Crippen LogP contribution in [-0.2, 0) is 14.3 Å². The summed E-state index contributed by atoms with van der Waals surface area (Å²) in [6.07, 6.45) is 3.43. The Morgan fingerprint density at radius 3 is 2.45 bits per heavy atom. The number of likely N-dealkylation sites (tertiary alicyclic amines) is 1. The number of fused-ring (bicyclic) bond motifs is 2. The Labute approximate surface area is 245 Å². The molecule has 2 saturated carbocycles. The first-order valence-corrected chi connectivity index (χ1v) is 15.0. The van der Waals surface area contributed by atoms with Crippen LogP contribution in [0.1, 0.15) is 86.3 Å². The number of rotatable bonds is 9. The van der Waals surface area contributed by atoms with Crippen LogP contribution in [0.15, 0.2) is 12.2 Å². The van der Waals surface area contributed by atoms with Gasteiger partial charge < -0.3 is 10.1 Å². The largest absolute Gasteiger partial charge is 0.381 e. The smallest absolute Gasteiger partial charge is 0.259 e. The Kier molecular flexibility index (Phi) is 9.08. The number of allylic oxidation sites excluding steroid dienone is 1. The van der Waals surface area contributed by atoms with Crippen molar-refractivity contribution in [2.24, 2.45) is 11.8 Å². The molecule has 0 bridgehead atoms. The molecule has 4 heterocycles. The van der Waals surface area contributed by atoms with Crippen LogP contribution < -0.4 is 10.2 Å². The van der Waals surface area contributed by atoms with Gasteiger partial charge in [-0.05, 0) is 76.3 Å². The lowest BCUT2D eigenvalue weighted by molar-refractivity contribution is -0.128. The van der Waals surface area contributed by atoms with Crippen LogP contribution >= 0.6 is 0 Å². The Balaban J connectivity index is 0.000000330. The van der Waals surface area contributed by atoms with Crippen LogP contribution in [-0.4, -0.2) is 84.1 Å². The van der Waals surface area contributed by atoms with Crippen LogP contribution in [0.4, 0.5) is 14.6 Å². The summed E-state index contributed by atoms with van der Waals surface area (Å²) < 4.78 is 32.7. The summed E-state index contributed by atoms with van der Waals surface area (Å²) >= 11 is 0. The molecule has 5 atom stereocenters. The molecule has 3 aliphatic heterocycles. The Morgan fingerprint density at radius 2 is 1.93 bits per heavy atom. The lowest BCUT2D eigenvalue weighted by Gasteiger charge is -2.39. The third kappa shape index (κ3) is 5.99. The van der Waals surface area contributed by atoms with Crippen LogP contribution in [0.25, 0.3) is 0 Å². The third-order valence-corrected chi connectivity index (χ3v) is 9.40. The zero-order chi connectivity index (χ0) is 30.1. The normalized spacial score (nSPS) is 28.8. The highest BCUT2D eigenvalue weighted by molar-refractivity contribution is 6.03. The molecule has 12 heteroatoms. The molecule has 5 unspecified atom stereocenters. The van der Waals surface area contributed by atoms with Gasteiger partial charge >= 0.3 is 0 Å². The van der Waals surface area contributed by atoms with Crippen molar-refractivity contribution in [2.45, 2.75) is 94.8 Å². The number of aromatic nitrogens is 2. The van der Waals surface area contributed by atoms with E-state index in [-0.39, 0.29) is 48.2 Å². The van der Waals surface area contributed by atoms with Gasteiger partial charge in [0.15, 0.2) is 6.29 Å². The zero-order valence-corrected chi connectivity index (χ0v) is 24.3. The second-order valence-corrected chi connectivity index (χ2v) is 12.1. The maximum atomic E-state index is 13.6. The standard InChI is InChI=1S/C23H30F2N4O4.C7H10N2/c1-3-28-22-19(16(12-30)27-29(22)15-8-10-33-11-9-15)18(14-5-6-14)20(23(28)32)26-17(31)7-4-13(2)21(24)25;1-9-6(4-8)2-5-3-7(5)9/h12,14-15,18,20-21H,2-11H2,1H3,(H,26,31);5-7H,2-3H2,1H3. The van der Waals surface area contributed by atoms with Gasteiger partial charge in [0.25, 0.3) is 12.3 Å². The van der Waals surface area contributed by atoms with Crippen molar-refractivity contribution in [3.63, 3.8) is 0 Å². The lowest BCUT2D eigenvalue weighted by Crippen LogP contribution is -2.56. The van der Waals surface area contributed by atoms with Gasteiger partial charge in [-0.15, -0.1) is 0 Å². The summed E-state index contributed by atoms with van der Waals surface area (Å²) in [6, 6.07) is 2.47. The molecule has 2 saturated heterocycles. The van der Waals surface area contributed by atoms with E-state index >= 15 is 0 Å². The van der Waals surface area contributed by atoms with Crippen molar-refractivity contribution in [3.8, 4) is 6.07 Å². The average molecular weight is 587 g/mol. The highest BCUT2D eigenvalue weighted by atomic mass is 19.3. The van der Waals surface area contributed by atoms with Crippen molar-refractivity contribution < 1.29 is 27.9 Å². The molecule has 10 nitrogen and oxygen atoms in total. The van der Waals surface area contributed by atoms with E-state index in [1.54, 1.807) is 4.90 Å². The monoisotopic (exact) mass is 586 g/mol. The van der Waals surface area contributed by atoms with Crippen molar-refractivity contribution in [3.05, 3.63) is 23.4 Å². The fourth-order valence-corrected chi connectivity index (χ4v) is 6.77. The summed E-state index contributed by atoms with van der Waals surface area (Å²) in [5.74, 6) is 0.563. The Morgan fingerprint density at radius 1 is 1.21 bits per heavy atom. The van der Waals surface area contributed by atoms with E-state index in [2.05, 4.69) is 35.0 Å². The molecule has 0 aromatic carbocycles. The van der Waals surface area contributed by atoms with Crippen molar-refractivity contribution in [1.29, 1.82) is 5.26 Å². The Hall–Kier alpha value is -3.17. The number of amides is 2. The quantitative estimate of drug-likeness (QED) is 0.347.